The number of hydrogen-bond donors (Lipinski definition) is 0. The van der Waals surface area contributed by atoms with E-state index < -0.39 is 0 Å². The fourth-order valence-corrected chi connectivity index (χ4v) is 1.24. The van der Waals surface area contributed by atoms with E-state index in [1.807, 2.05) is 6.20 Å². The Hall–Kier alpha value is 1.07. The van der Waals surface area contributed by atoms with Crippen molar-refractivity contribution in [3.05, 3.63) is 22.6 Å². The maximum atomic E-state index is 3.90. The van der Waals surface area contributed by atoms with Crippen molar-refractivity contribution in [2.24, 2.45) is 0 Å². The molecule has 0 aromatic carbocycles. The minimum atomic E-state index is -0.202. The molecule has 0 spiro atoms. The Labute approximate surface area is 105 Å². The van der Waals surface area contributed by atoms with Crippen LogP contribution >= 0.6 is 67.8 Å². The summed E-state index contributed by atoms with van der Waals surface area (Å²) >= 11 is 6.72. The van der Waals surface area contributed by atoms with Gasteiger partial charge in [0, 0.05) is 9.78 Å². The van der Waals surface area contributed by atoms with Crippen LogP contribution in [0.4, 0.5) is 0 Å². The predicted octanol–water partition coefficient (Wildman–Crippen LogP) is 2.71. The van der Waals surface area contributed by atoms with E-state index in [1.54, 1.807) is 10.9 Å². The lowest BCUT2D eigenvalue weighted by atomic mass is 10.6. The Morgan fingerprint density at radius 1 is 1.55 bits per heavy atom. The third-order valence-corrected chi connectivity index (χ3v) is 6.17. The molecular formula is C5H4I3N3. The van der Waals surface area contributed by atoms with Crippen LogP contribution in [0.1, 0.15) is 0 Å². The Bertz CT molecular complexity index is 254. The third-order valence-electron chi connectivity index (χ3n) is 1.04. The highest BCUT2D eigenvalue weighted by Crippen LogP contribution is 2.42. The van der Waals surface area contributed by atoms with Gasteiger partial charge in [0.2, 0.25) is 0 Å². The minimum Gasteiger partial charge on any atom is -0.222 e. The van der Waals surface area contributed by atoms with Gasteiger partial charge in [-0.3, -0.25) is 0 Å². The average molecular weight is 487 g/mol. The summed E-state index contributed by atoms with van der Waals surface area (Å²) in [6.45, 7) is 3.87. The normalized spacial score (nSPS) is 11.5. The highest BCUT2D eigenvalue weighted by Gasteiger charge is 2.27. The summed E-state index contributed by atoms with van der Waals surface area (Å²) in [5, 5.41) is 7.62. The molecule has 6 heteroatoms. The van der Waals surface area contributed by atoms with Gasteiger partial charge in [0.1, 0.15) is 0 Å². The van der Waals surface area contributed by atoms with Crippen molar-refractivity contribution >= 4 is 67.8 Å². The highest BCUT2D eigenvalue weighted by molar-refractivity contribution is 14.2. The molecule has 0 atom stereocenters. The lowest BCUT2D eigenvalue weighted by Crippen LogP contribution is -2.19. The second-order valence-electron chi connectivity index (χ2n) is 1.79. The molecule has 1 rings (SSSR count). The zero-order valence-electron chi connectivity index (χ0n) is 5.34. The van der Waals surface area contributed by atoms with Gasteiger partial charge in [-0.05, 0) is 67.8 Å². The highest BCUT2D eigenvalue weighted by atomic mass is 127. The first kappa shape index (κ1) is 10.2. The third kappa shape index (κ3) is 2.26. The molecule has 60 valence electrons. The van der Waals surface area contributed by atoms with Crippen LogP contribution in [0.2, 0.25) is 0 Å². The van der Waals surface area contributed by atoms with E-state index in [-0.39, 0.29) is 1.55 Å². The van der Waals surface area contributed by atoms with Gasteiger partial charge >= 0.3 is 0 Å². The van der Waals surface area contributed by atoms with E-state index in [4.69, 9.17) is 0 Å². The van der Waals surface area contributed by atoms with E-state index in [2.05, 4.69) is 84.7 Å². The fourth-order valence-electron chi connectivity index (χ4n) is 0.482. The van der Waals surface area contributed by atoms with Crippen LogP contribution in [0.5, 0.6) is 0 Å². The molecule has 0 fully saturated rings. The molecule has 1 aromatic heterocycles. The van der Waals surface area contributed by atoms with Crippen molar-refractivity contribution in [3.63, 3.8) is 0 Å². The van der Waals surface area contributed by atoms with Gasteiger partial charge in [0.05, 0.1) is 6.20 Å². The van der Waals surface area contributed by atoms with Crippen LogP contribution < -0.4 is 0 Å². The van der Waals surface area contributed by atoms with E-state index >= 15 is 0 Å². The molecule has 11 heavy (non-hydrogen) atoms. The Balaban J connectivity index is 3.00. The lowest BCUT2D eigenvalue weighted by molar-refractivity contribution is 0.647. The SMILES string of the molecule is C=C(I)C(I)(I)n1ccnn1. The fraction of sp³-hybridized carbons (Fsp3) is 0.200. The number of alkyl halides is 2. The molecule has 0 amide bonds. The van der Waals surface area contributed by atoms with Crippen molar-refractivity contribution in [2.45, 2.75) is 1.55 Å². The van der Waals surface area contributed by atoms with Crippen LogP contribution in [-0.2, 0) is 1.55 Å². The largest absolute Gasteiger partial charge is 0.222 e. The minimum absolute atomic E-state index is 0.202. The number of nitrogens with zero attached hydrogens (tertiary/aromatic N) is 3. The molecule has 1 aromatic rings. The van der Waals surface area contributed by atoms with Gasteiger partial charge in [0.25, 0.3) is 0 Å². The lowest BCUT2D eigenvalue weighted by Gasteiger charge is -2.18. The van der Waals surface area contributed by atoms with Crippen LogP contribution in [-0.4, -0.2) is 15.0 Å². The van der Waals surface area contributed by atoms with Crippen molar-refractivity contribution in [1.82, 2.24) is 15.0 Å². The topological polar surface area (TPSA) is 30.7 Å². The number of halogens is 3. The van der Waals surface area contributed by atoms with E-state index in [0.717, 1.165) is 3.58 Å². The summed E-state index contributed by atoms with van der Waals surface area (Å²) in [5.41, 5.74) is 0. The average Bonchev–Trinajstić information content (AvgIpc) is 2.37. The molecule has 0 saturated carbocycles. The molecule has 0 bridgehead atoms. The number of aromatic nitrogens is 3. The maximum Gasteiger partial charge on any atom is 0.195 e. The summed E-state index contributed by atoms with van der Waals surface area (Å²) in [4.78, 5) is 0. The van der Waals surface area contributed by atoms with Crippen molar-refractivity contribution in [1.29, 1.82) is 0 Å². The summed E-state index contributed by atoms with van der Waals surface area (Å²) in [7, 11) is 0. The molecule has 3 nitrogen and oxygen atoms in total. The first-order chi connectivity index (χ1) is 5.05. The molecule has 0 N–H and O–H groups in total. The summed E-state index contributed by atoms with van der Waals surface area (Å²) in [5.74, 6) is 0. The van der Waals surface area contributed by atoms with Crippen LogP contribution in [0, 0.1) is 0 Å². The van der Waals surface area contributed by atoms with Gasteiger partial charge in [-0.25, -0.2) is 4.68 Å². The Morgan fingerprint density at radius 3 is 2.55 bits per heavy atom. The van der Waals surface area contributed by atoms with Crippen LogP contribution in [0.3, 0.4) is 0 Å². The molecule has 0 unspecified atom stereocenters. The Morgan fingerprint density at radius 2 is 2.18 bits per heavy atom. The van der Waals surface area contributed by atoms with Gasteiger partial charge in [-0.1, -0.05) is 11.8 Å². The zero-order chi connectivity index (χ0) is 8.48. The van der Waals surface area contributed by atoms with Crippen molar-refractivity contribution in [3.8, 4) is 0 Å². The van der Waals surface area contributed by atoms with Crippen LogP contribution in [0.15, 0.2) is 22.6 Å². The van der Waals surface area contributed by atoms with Crippen LogP contribution in [0.25, 0.3) is 0 Å². The maximum absolute atomic E-state index is 3.90. The molecule has 1 heterocycles. The monoisotopic (exact) mass is 487 g/mol. The van der Waals surface area contributed by atoms with Gasteiger partial charge < -0.3 is 0 Å². The Kier molecular flexibility index (Phi) is 3.56. The first-order valence-electron chi connectivity index (χ1n) is 2.64. The second-order valence-corrected chi connectivity index (χ2v) is 8.28. The van der Waals surface area contributed by atoms with E-state index in [0.29, 0.717) is 0 Å². The molecule has 0 saturated heterocycles. The summed E-state index contributed by atoms with van der Waals surface area (Å²) in [6, 6.07) is 0. The summed E-state index contributed by atoms with van der Waals surface area (Å²) < 4.78 is 2.58. The molecule has 0 radical (unpaired) electrons. The summed E-state index contributed by atoms with van der Waals surface area (Å²) in [6.07, 6.45) is 3.48. The van der Waals surface area contributed by atoms with E-state index in [9.17, 15) is 0 Å². The number of allylic oxidation sites excluding steroid dienone is 1. The molecule has 0 aliphatic carbocycles. The first-order valence-corrected chi connectivity index (χ1v) is 5.88. The smallest absolute Gasteiger partial charge is 0.195 e. The van der Waals surface area contributed by atoms with Gasteiger partial charge in [-0.2, -0.15) is 0 Å². The van der Waals surface area contributed by atoms with E-state index in [1.165, 1.54) is 0 Å². The van der Waals surface area contributed by atoms with Gasteiger partial charge in [-0.15, -0.1) is 5.10 Å². The zero-order valence-corrected chi connectivity index (χ0v) is 11.8. The standard InChI is InChI=1S/C5H4I3N3/c1-4(6)5(7,8)11-3-2-9-10-11/h2-3H,1H2. The quantitative estimate of drug-likeness (QED) is 0.475. The van der Waals surface area contributed by atoms with Gasteiger partial charge in [0.15, 0.2) is 1.55 Å². The second kappa shape index (κ2) is 3.85. The molecular weight excluding hydrogens is 483 g/mol. The van der Waals surface area contributed by atoms with Crippen molar-refractivity contribution in [2.75, 3.05) is 0 Å². The predicted molar refractivity (Wildman–Crippen MR) is 69.2 cm³/mol. The van der Waals surface area contributed by atoms with Crippen molar-refractivity contribution < 1.29 is 0 Å². The molecule has 0 aliphatic rings. The molecule has 0 aliphatic heterocycles. The number of hydrogen-bond acceptors (Lipinski definition) is 2. The number of rotatable bonds is 2.